The monoisotopic (exact) mass is 512 g/mol. The summed E-state index contributed by atoms with van der Waals surface area (Å²) in [7, 11) is 0. The van der Waals surface area contributed by atoms with Gasteiger partial charge in [0.25, 0.3) is 11.2 Å². The van der Waals surface area contributed by atoms with E-state index in [0.717, 1.165) is 12.2 Å². The summed E-state index contributed by atoms with van der Waals surface area (Å²) in [6.45, 7) is 8.21. The number of ether oxygens (including phenoxy) is 2. The first-order valence-corrected chi connectivity index (χ1v) is 12.9. The van der Waals surface area contributed by atoms with E-state index < -0.39 is 16.4 Å². The minimum absolute atomic E-state index is 0.0566. The van der Waals surface area contributed by atoms with Crippen LogP contribution in [0.2, 0.25) is 0 Å². The number of fused-ring (bicyclic) bond motifs is 2. The molecule has 0 saturated heterocycles. The van der Waals surface area contributed by atoms with Crippen molar-refractivity contribution in [2.45, 2.75) is 58.0 Å². The Kier molecular flexibility index (Phi) is 6.06. The van der Waals surface area contributed by atoms with Gasteiger partial charge in [-0.25, -0.2) is 4.98 Å². The van der Waals surface area contributed by atoms with Gasteiger partial charge < -0.3 is 19.8 Å². The lowest BCUT2D eigenvalue weighted by Crippen LogP contribution is -2.37. The zero-order chi connectivity index (χ0) is 25.8. The first-order valence-electron chi connectivity index (χ1n) is 11.9. The van der Waals surface area contributed by atoms with Crippen LogP contribution in [-0.4, -0.2) is 33.2 Å². The normalized spacial score (nSPS) is 19.7. The number of aromatic nitrogens is 2. The smallest absolute Gasteiger partial charge is 0.277 e. The minimum atomic E-state index is -0.958. The third-order valence-corrected chi connectivity index (χ3v) is 7.57. The zero-order valence-electron chi connectivity index (χ0n) is 20.6. The molecule has 3 aliphatic rings. The number of carbonyl (C=O) groups is 1. The second-order valence-corrected chi connectivity index (χ2v) is 11.7. The highest BCUT2D eigenvalue weighted by Gasteiger charge is 2.45. The summed E-state index contributed by atoms with van der Waals surface area (Å²) >= 11 is 1.45. The van der Waals surface area contributed by atoms with Crippen molar-refractivity contribution >= 4 is 29.1 Å². The maximum absolute atomic E-state index is 13.5. The molecule has 0 amide bonds. The molecule has 2 aromatic rings. The largest absolute Gasteiger partial charge is 0.454 e. The lowest BCUT2D eigenvalue weighted by Gasteiger charge is -2.38. The number of hydrogen-bond acceptors (Lipinski definition) is 9. The molecule has 0 spiro atoms. The van der Waals surface area contributed by atoms with E-state index in [-0.39, 0.29) is 47.0 Å². The predicted molar refractivity (Wildman–Crippen MR) is 135 cm³/mol. The summed E-state index contributed by atoms with van der Waals surface area (Å²) in [5.41, 5.74) is 0.448. The first kappa shape index (κ1) is 24.4. The molecule has 1 aromatic carbocycles. The zero-order valence-corrected chi connectivity index (χ0v) is 21.4. The van der Waals surface area contributed by atoms with Gasteiger partial charge >= 0.3 is 0 Å². The van der Waals surface area contributed by atoms with Crippen molar-refractivity contribution in [3.8, 4) is 11.5 Å². The highest BCUT2D eigenvalue weighted by Crippen LogP contribution is 2.51. The molecule has 1 atom stereocenters. The maximum Gasteiger partial charge on any atom is 0.277 e. The number of aromatic amines is 1. The van der Waals surface area contributed by atoms with Gasteiger partial charge in [0, 0.05) is 29.0 Å². The van der Waals surface area contributed by atoms with Crippen molar-refractivity contribution in [1.29, 1.82) is 0 Å². The molecule has 2 N–H and O–H groups in total. The van der Waals surface area contributed by atoms with Gasteiger partial charge in [-0.1, -0.05) is 39.5 Å². The Morgan fingerprint density at radius 2 is 1.94 bits per heavy atom. The molecule has 36 heavy (non-hydrogen) atoms. The summed E-state index contributed by atoms with van der Waals surface area (Å²) in [6.07, 6.45) is 1.78. The molecular formula is C25H28N4O6S. The van der Waals surface area contributed by atoms with Crippen molar-refractivity contribution in [2.24, 2.45) is 11.3 Å². The molecule has 3 heterocycles. The number of benzene rings is 1. The number of hydrogen-bond donors (Lipinski definition) is 2. The third-order valence-electron chi connectivity index (χ3n) is 6.66. The number of anilines is 1. The maximum atomic E-state index is 13.5. The van der Waals surface area contributed by atoms with Crippen LogP contribution >= 0.6 is 11.8 Å². The standard InChI is InChI=1S/C25H28N4O6S/c1-12(2)5-6-36-24-27-22-21(23(31)28-24)19(20-14(26-22)9-25(3,4)10-16(20)30)13-7-17-18(35-11-34-17)8-15(13)29(32)33/h7-8,12,19H,5-6,9-11H2,1-4H3,(H2,26,27,28,31). The Labute approximate surface area is 212 Å². The fraction of sp³-hybridized carbons (Fsp3) is 0.480. The summed E-state index contributed by atoms with van der Waals surface area (Å²) in [5.74, 6) is 1.12. The number of H-pyrrole nitrogens is 1. The molecule has 1 unspecified atom stereocenters. The van der Waals surface area contributed by atoms with Crippen molar-refractivity contribution in [3.05, 3.63) is 55.0 Å². The van der Waals surface area contributed by atoms with E-state index in [1.807, 2.05) is 13.8 Å². The molecule has 0 fully saturated rings. The average molecular weight is 513 g/mol. The molecule has 0 bridgehead atoms. The minimum Gasteiger partial charge on any atom is -0.454 e. The lowest BCUT2D eigenvalue weighted by atomic mass is 9.69. The summed E-state index contributed by atoms with van der Waals surface area (Å²) in [4.78, 5) is 46.1. The molecule has 1 aromatic heterocycles. The molecular weight excluding hydrogens is 484 g/mol. The van der Waals surface area contributed by atoms with E-state index in [4.69, 9.17) is 9.47 Å². The van der Waals surface area contributed by atoms with Crippen LogP contribution in [0.1, 0.15) is 64.0 Å². The van der Waals surface area contributed by atoms with E-state index in [1.165, 1.54) is 23.9 Å². The summed E-state index contributed by atoms with van der Waals surface area (Å²) < 4.78 is 10.8. The lowest BCUT2D eigenvalue weighted by molar-refractivity contribution is -0.385. The van der Waals surface area contributed by atoms with Gasteiger partial charge in [0.15, 0.2) is 22.4 Å². The molecule has 190 valence electrons. The number of nitrogens with one attached hydrogen (secondary N) is 2. The van der Waals surface area contributed by atoms with E-state index in [1.54, 1.807) is 0 Å². The van der Waals surface area contributed by atoms with Gasteiger partial charge in [0.2, 0.25) is 6.79 Å². The number of rotatable bonds is 6. The van der Waals surface area contributed by atoms with E-state index in [2.05, 4.69) is 29.1 Å². The van der Waals surface area contributed by atoms with Crippen LogP contribution in [0.25, 0.3) is 0 Å². The van der Waals surface area contributed by atoms with Crippen LogP contribution in [0.3, 0.4) is 0 Å². The number of ketones is 1. The SMILES string of the molecule is CC(C)CCSc1nc2c(c(=O)[nH]1)C(c1cc3c(cc1[N+](=O)[O-])OCO3)C1=C(CC(C)(C)CC1=O)N2. The quantitative estimate of drug-likeness (QED) is 0.243. The fourth-order valence-corrected chi connectivity index (χ4v) is 6.10. The number of allylic oxidation sites excluding steroid dienone is 2. The van der Waals surface area contributed by atoms with Gasteiger partial charge in [-0.15, -0.1) is 0 Å². The van der Waals surface area contributed by atoms with Crippen molar-refractivity contribution < 1.29 is 19.2 Å². The Hall–Kier alpha value is -3.34. The Balaban J connectivity index is 1.70. The molecule has 5 rings (SSSR count). The highest BCUT2D eigenvalue weighted by atomic mass is 32.2. The molecule has 11 heteroatoms. The first-order chi connectivity index (χ1) is 17.0. The van der Waals surface area contributed by atoms with Crippen LogP contribution < -0.4 is 20.3 Å². The second kappa shape index (κ2) is 8.95. The van der Waals surface area contributed by atoms with Crippen LogP contribution in [0.4, 0.5) is 11.5 Å². The molecule has 0 saturated carbocycles. The molecule has 1 aliphatic carbocycles. The van der Waals surface area contributed by atoms with Crippen LogP contribution in [0, 0.1) is 21.4 Å². The highest BCUT2D eigenvalue weighted by molar-refractivity contribution is 7.99. The Morgan fingerprint density at radius 1 is 1.22 bits per heavy atom. The topological polar surface area (TPSA) is 136 Å². The predicted octanol–water partition coefficient (Wildman–Crippen LogP) is 4.75. The van der Waals surface area contributed by atoms with Crippen molar-refractivity contribution in [1.82, 2.24) is 9.97 Å². The number of carbonyl (C=O) groups excluding carboxylic acids is 1. The summed E-state index contributed by atoms with van der Waals surface area (Å²) in [6, 6.07) is 2.82. The number of nitro benzene ring substituents is 1. The van der Waals surface area contributed by atoms with Gasteiger partial charge in [-0.2, -0.15) is 0 Å². The number of nitrogens with zero attached hydrogens (tertiary/aromatic N) is 2. The second-order valence-electron chi connectivity index (χ2n) is 10.6. The average Bonchev–Trinajstić information content (AvgIpc) is 3.23. The van der Waals surface area contributed by atoms with E-state index in [9.17, 15) is 19.7 Å². The third kappa shape index (κ3) is 4.36. The molecule has 10 nitrogen and oxygen atoms in total. The van der Waals surface area contributed by atoms with Gasteiger partial charge in [-0.3, -0.25) is 19.7 Å². The fourth-order valence-electron chi connectivity index (χ4n) is 5.00. The van der Waals surface area contributed by atoms with Gasteiger partial charge in [-0.05, 0) is 30.2 Å². The van der Waals surface area contributed by atoms with Crippen molar-refractivity contribution in [3.63, 3.8) is 0 Å². The number of Topliss-reactive ketones (excluding diaryl/α,β-unsaturated/α-hetero) is 1. The van der Waals surface area contributed by atoms with Gasteiger partial charge in [0.1, 0.15) is 5.82 Å². The number of nitro groups is 1. The van der Waals surface area contributed by atoms with E-state index >= 15 is 0 Å². The molecule has 0 radical (unpaired) electrons. The Bertz CT molecular complexity index is 1360. The summed E-state index contributed by atoms with van der Waals surface area (Å²) in [5, 5.41) is 15.8. The number of thioether (sulfide) groups is 1. The molecule has 2 aliphatic heterocycles. The van der Waals surface area contributed by atoms with Crippen LogP contribution in [0.15, 0.2) is 33.4 Å². The van der Waals surface area contributed by atoms with Crippen molar-refractivity contribution in [2.75, 3.05) is 17.9 Å². The Morgan fingerprint density at radius 3 is 2.64 bits per heavy atom. The van der Waals surface area contributed by atoms with E-state index in [0.29, 0.717) is 40.3 Å². The van der Waals surface area contributed by atoms with Crippen LogP contribution in [0.5, 0.6) is 11.5 Å². The van der Waals surface area contributed by atoms with Crippen LogP contribution in [-0.2, 0) is 4.79 Å². The van der Waals surface area contributed by atoms with Gasteiger partial charge in [0.05, 0.1) is 22.5 Å².